The molecule has 0 amide bonds. The van der Waals surface area contributed by atoms with Gasteiger partial charge >= 0.3 is 0 Å². The number of hydrogen-bond acceptors (Lipinski definition) is 2. The molecule has 90 valence electrons. The van der Waals surface area contributed by atoms with Crippen molar-refractivity contribution in [2.45, 2.75) is 32.7 Å². The summed E-state index contributed by atoms with van der Waals surface area (Å²) < 4.78 is 1.06. The van der Waals surface area contributed by atoms with Crippen molar-refractivity contribution in [3.8, 4) is 0 Å². The highest BCUT2D eigenvalue weighted by Crippen LogP contribution is 2.28. The van der Waals surface area contributed by atoms with Crippen LogP contribution in [0.4, 0.5) is 0 Å². The third-order valence-electron chi connectivity index (χ3n) is 2.90. The van der Waals surface area contributed by atoms with Gasteiger partial charge in [-0.25, -0.2) is 0 Å². The molecule has 0 saturated carbocycles. The number of fused-ring (bicyclic) bond motifs is 1. The lowest BCUT2D eigenvalue weighted by Gasteiger charge is -2.14. The average molecular weight is 293 g/mol. The maximum Gasteiger partial charge on any atom is 0.0709 e. The van der Waals surface area contributed by atoms with Gasteiger partial charge in [0.15, 0.2) is 0 Å². The topological polar surface area (TPSA) is 38.9 Å². The normalized spacial score (nSPS) is 13.3. The molecule has 0 aliphatic heterocycles. The molecule has 0 aliphatic rings. The van der Waals surface area contributed by atoms with Crippen molar-refractivity contribution < 1.29 is 0 Å². The largest absolute Gasteiger partial charge is 0.324 e. The number of nitrogens with zero attached hydrogens (tertiary/aromatic N) is 1. The van der Waals surface area contributed by atoms with Gasteiger partial charge in [0.2, 0.25) is 0 Å². The summed E-state index contributed by atoms with van der Waals surface area (Å²) in [5.74, 6) is 0.417. The Morgan fingerprint density at radius 2 is 1.88 bits per heavy atom. The van der Waals surface area contributed by atoms with E-state index < -0.39 is 0 Å². The van der Waals surface area contributed by atoms with E-state index in [1.54, 1.807) is 0 Å². The van der Waals surface area contributed by atoms with Gasteiger partial charge < -0.3 is 5.73 Å². The monoisotopic (exact) mass is 292 g/mol. The number of aromatic nitrogens is 1. The maximum absolute atomic E-state index is 6.06. The standard InChI is InChI=1S/C14H17BrN2/c1-8(2)14-7-11(9(3)16)12-6-10(15)4-5-13(12)17-14/h4-9H,16H2,1-3H3. The van der Waals surface area contributed by atoms with E-state index >= 15 is 0 Å². The van der Waals surface area contributed by atoms with E-state index in [9.17, 15) is 0 Å². The van der Waals surface area contributed by atoms with Gasteiger partial charge in [-0.15, -0.1) is 0 Å². The van der Waals surface area contributed by atoms with Crippen molar-refractivity contribution in [1.82, 2.24) is 4.98 Å². The van der Waals surface area contributed by atoms with Gasteiger partial charge in [0, 0.05) is 21.6 Å². The Morgan fingerprint density at radius 3 is 2.47 bits per heavy atom. The Labute approximate surface area is 110 Å². The minimum Gasteiger partial charge on any atom is -0.324 e. The van der Waals surface area contributed by atoms with E-state index in [-0.39, 0.29) is 6.04 Å². The quantitative estimate of drug-likeness (QED) is 0.903. The van der Waals surface area contributed by atoms with Gasteiger partial charge in [-0.05, 0) is 42.7 Å². The van der Waals surface area contributed by atoms with Crippen LogP contribution < -0.4 is 5.73 Å². The molecule has 0 aliphatic carbocycles. The van der Waals surface area contributed by atoms with Crippen LogP contribution in [0.15, 0.2) is 28.7 Å². The molecule has 2 N–H and O–H groups in total. The first-order valence-electron chi connectivity index (χ1n) is 5.84. The molecule has 1 atom stereocenters. The molecule has 0 bridgehead atoms. The number of hydrogen-bond donors (Lipinski definition) is 1. The van der Waals surface area contributed by atoms with Crippen LogP contribution in [-0.2, 0) is 0 Å². The van der Waals surface area contributed by atoms with E-state index in [4.69, 9.17) is 5.73 Å². The molecule has 2 rings (SSSR count). The Bertz CT molecular complexity index is 547. The lowest BCUT2D eigenvalue weighted by atomic mass is 9.99. The molecular formula is C14H17BrN2. The molecule has 1 heterocycles. The third kappa shape index (κ3) is 2.50. The summed E-state index contributed by atoms with van der Waals surface area (Å²) in [6.45, 7) is 6.32. The number of halogens is 1. The minimum absolute atomic E-state index is 0.0206. The van der Waals surface area contributed by atoms with E-state index in [1.165, 1.54) is 5.56 Å². The van der Waals surface area contributed by atoms with Crippen molar-refractivity contribution in [3.05, 3.63) is 40.0 Å². The lowest BCUT2D eigenvalue weighted by molar-refractivity contribution is 0.794. The Kier molecular flexibility index (Phi) is 3.50. The van der Waals surface area contributed by atoms with Crippen molar-refractivity contribution in [2.75, 3.05) is 0 Å². The third-order valence-corrected chi connectivity index (χ3v) is 3.40. The van der Waals surface area contributed by atoms with Crippen LogP contribution in [0.1, 0.15) is 44.0 Å². The highest BCUT2D eigenvalue weighted by atomic mass is 79.9. The van der Waals surface area contributed by atoms with Gasteiger partial charge in [-0.1, -0.05) is 29.8 Å². The van der Waals surface area contributed by atoms with Gasteiger partial charge in [0.1, 0.15) is 0 Å². The van der Waals surface area contributed by atoms with Gasteiger partial charge in [-0.3, -0.25) is 4.98 Å². The maximum atomic E-state index is 6.06. The first kappa shape index (κ1) is 12.5. The summed E-state index contributed by atoms with van der Waals surface area (Å²) in [5, 5.41) is 1.14. The second-order valence-electron chi connectivity index (χ2n) is 4.74. The summed E-state index contributed by atoms with van der Waals surface area (Å²) in [4.78, 5) is 4.68. The molecule has 1 unspecified atom stereocenters. The van der Waals surface area contributed by atoms with Crippen LogP contribution in [0.3, 0.4) is 0 Å². The summed E-state index contributed by atoms with van der Waals surface area (Å²) in [6.07, 6.45) is 0. The minimum atomic E-state index is 0.0206. The van der Waals surface area contributed by atoms with Crippen molar-refractivity contribution in [1.29, 1.82) is 0 Å². The number of pyridine rings is 1. The van der Waals surface area contributed by atoms with Crippen LogP contribution in [0.5, 0.6) is 0 Å². The van der Waals surface area contributed by atoms with Gasteiger partial charge in [0.25, 0.3) is 0 Å². The van der Waals surface area contributed by atoms with Crippen LogP contribution in [0.25, 0.3) is 10.9 Å². The van der Waals surface area contributed by atoms with Gasteiger partial charge in [0.05, 0.1) is 5.52 Å². The fourth-order valence-electron chi connectivity index (χ4n) is 1.92. The highest BCUT2D eigenvalue weighted by molar-refractivity contribution is 9.10. The first-order valence-corrected chi connectivity index (χ1v) is 6.64. The second kappa shape index (κ2) is 4.75. The Balaban J connectivity index is 2.76. The SMILES string of the molecule is CC(C)c1cc(C(C)N)c2cc(Br)ccc2n1. The van der Waals surface area contributed by atoms with E-state index in [1.807, 2.05) is 19.1 Å². The summed E-state index contributed by atoms with van der Waals surface area (Å²) >= 11 is 3.49. The zero-order valence-electron chi connectivity index (χ0n) is 10.4. The summed E-state index contributed by atoms with van der Waals surface area (Å²) in [6, 6.07) is 8.30. The smallest absolute Gasteiger partial charge is 0.0709 e. The Hall–Kier alpha value is -0.930. The van der Waals surface area contributed by atoms with E-state index in [0.717, 1.165) is 21.1 Å². The van der Waals surface area contributed by atoms with E-state index in [0.29, 0.717) is 5.92 Å². The fraction of sp³-hybridized carbons (Fsp3) is 0.357. The Morgan fingerprint density at radius 1 is 1.18 bits per heavy atom. The molecule has 0 radical (unpaired) electrons. The van der Waals surface area contributed by atoms with Crippen molar-refractivity contribution in [2.24, 2.45) is 5.73 Å². The molecule has 0 saturated heterocycles. The predicted octanol–water partition coefficient (Wildman–Crippen LogP) is 4.14. The zero-order chi connectivity index (χ0) is 12.6. The summed E-state index contributed by atoms with van der Waals surface area (Å²) in [5.41, 5.74) is 9.35. The summed E-state index contributed by atoms with van der Waals surface area (Å²) in [7, 11) is 0. The number of nitrogens with two attached hydrogens (primary N) is 1. The first-order chi connectivity index (χ1) is 7.99. The fourth-order valence-corrected chi connectivity index (χ4v) is 2.28. The van der Waals surface area contributed by atoms with Crippen LogP contribution >= 0.6 is 15.9 Å². The van der Waals surface area contributed by atoms with Crippen LogP contribution in [-0.4, -0.2) is 4.98 Å². The number of rotatable bonds is 2. The zero-order valence-corrected chi connectivity index (χ0v) is 12.0. The van der Waals surface area contributed by atoms with Crippen LogP contribution in [0.2, 0.25) is 0 Å². The molecule has 1 aromatic carbocycles. The number of benzene rings is 1. The van der Waals surface area contributed by atoms with E-state index in [2.05, 4.69) is 46.9 Å². The second-order valence-corrected chi connectivity index (χ2v) is 5.66. The van der Waals surface area contributed by atoms with Gasteiger partial charge in [-0.2, -0.15) is 0 Å². The molecule has 17 heavy (non-hydrogen) atoms. The molecular weight excluding hydrogens is 276 g/mol. The molecule has 2 nitrogen and oxygen atoms in total. The molecule has 0 fully saturated rings. The molecule has 1 aromatic heterocycles. The lowest BCUT2D eigenvalue weighted by Crippen LogP contribution is -2.08. The van der Waals surface area contributed by atoms with Crippen LogP contribution in [0, 0.1) is 0 Å². The molecule has 0 spiro atoms. The average Bonchev–Trinajstić information content (AvgIpc) is 2.27. The highest BCUT2D eigenvalue weighted by Gasteiger charge is 2.11. The predicted molar refractivity (Wildman–Crippen MR) is 76.1 cm³/mol. The molecule has 2 aromatic rings. The van der Waals surface area contributed by atoms with Crippen molar-refractivity contribution in [3.63, 3.8) is 0 Å². The van der Waals surface area contributed by atoms with Crippen molar-refractivity contribution >= 4 is 26.8 Å². The molecule has 3 heteroatoms.